The van der Waals surface area contributed by atoms with Crippen LogP contribution in [-0.4, -0.2) is 69.9 Å². The van der Waals surface area contributed by atoms with Crippen LogP contribution >= 0.6 is 10.2 Å². The first-order chi connectivity index (χ1) is 19.9. The second kappa shape index (κ2) is 10.5. The molecule has 3 heterocycles. The molecule has 2 saturated heterocycles. The summed E-state index contributed by atoms with van der Waals surface area (Å²) in [6, 6.07) is 5.61. The predicted molar refractivity (Wildman–Crippen MR) is 151 cm³/mol. The van der Waals surface area contributed by atoms with E-state index >= 15 is 0 Å². The van der Waals surface area contributed by atoms with Crippen molar-refractivity contribution in [2.24, 2.45) is 5.92 Å². The number of aryl methyl sites for hydroxylation is 1. The third-order valence-corrected chi connectivity index (χ3v) is 9.49. The number of nitrogens with zero attached hydrogens (tertiary/aromatic N) is 4. The minimum absolute atomic E-state index is 0.0432. The van der Waals surface area contributed by atoms with E-state index in [0.717, 1.165) is 28.6 Å². The van der Waals surface area contributed by atoms with Gasteiger partial charge in [-0.1, -0.05) is 19.4 Å². The highest BCUT2D eigenvalue weighted by Gasteiger charge is 2.65. The number of amides is 1. The van der Waals surface area contributed by atoms with E-state index in [1.807, 2.05) is 13.1 Å². The van der Waals surface area contributed by atoms with Gasteiger partial charge in [0.2, 0.25) is 0 Å². The van der Waals surface area contributed by atoms with Crippen LogP contribution in [0.5, 0.6) is 0 Å². The predicted octanol–water partition coefficient (Wildman–Crippen LogP) is 7.86. The highest BCUT2D eigenvalue weighted by molar-refractivity contribution is 8.45. The molecular formula is C29H33F7N4O2S. The van der Waals surface area contributed by atoms with Crippen molar-refractivity contribution in [2.75, 3.05) is 32.7 Å². The van der Waals surface area contributed by atoms with Crippen LogP contribution in [0.25, 0.3) is 10.9 Å². The molecule has 0 N–H and O–H groups in total. The number of hydrogen-bond donors (Lipinski definition) is 0. The second-order valence-corrected chi connectivity index (χ2v) is 14.1. The number of halogens is 7. The van der Waals surface area contributed by atoms with Gasteiger partial charge in [0.05, 0.1) is 12.1 Å². The summed E-state index contributed by atoms with van der Waals surface area (Å²) in [6.45, 7) is 3.68. The SMILES string of the molecule is Cc1c(C(=O)CCCN2CCC(F)(F)C2)ccc2nn(CC3CCN(C(=O)c4ccc(S(F)(F)(F)(F)F)cc4)CC3)cc12. The molecule has 1 aromatic heterocycles. The van der Waals surface area contributed by atoms with Crippen molar-refractivity contribution < 1.29 is 37.8 Å². The van der Waals surface area contributed by atoms with Gasteiger partial charge in [-0.15, -0.1) is 0 Å². The molecule has 0 unspecified atom stereocenters. The van der Waals surface area contributed by atoms with E-state index in [-0.39, 0.29) is 48.8 Å². The maximum atomic E-state index is 13.4. The van der Waals surface area contributed by atoms with Crippen LogP contribution in [0.2, 0.25) is 0 Å². The highest BCUT2D eigenvalue weighted by Crippen LogP contribution is 3.02. The van der Waals surface area contributed by atoms with Crippen LogP contribution in [0.15, 0.2) is 47.5 Å². The number of alkyl halides is 2. The molecule has 0 radical (unpaired) electrons. The van der Waals surface area contributed by atoms with Crippen LogP contribution in [0.3, 0.4) is 0 Å². The van der Waals surface area contributed by atoms with Gasteiger partial charge in [0.25, 0.3) is 11.8 Å². The van der Waals surface area contributed by atoms with Crippen LogP contribution in [0.4, 0.5) is 28.2 Å². The Labute approximate surface area is 244 Å². The Bertz CT molecular complexity index is 1530. The largest absolute Gasteiger partial charge is 0.339 e. The van der Waals surface area contributed by atoms with Crippen molar-refractivity contribution in [1.82, 2.24) is 19.6 Å². The number of piperidine rings is 1. The number of benzene rings is 2. The van der Waals surface area contributed by atoms with Crippen LogP contribution in [0, 0.1) is 12.8 Å². The third-order valence-electron chi connectivity index (χ3n) is 8.33. The van der Waals surface area contributed by atoms with Crippen LogP contribution in [-0.2, 0) is 6.54 Å². The summed E-state index contributed by atoms with van der Waals surface area (Å²) < 4.78 is 93.5. The lowest BCUT2D eigenvalue weighted by atomic mass is 9.96. The lowest BCUT2D eigenvalue weighted by Crippen LogP contribution is -2.39. The Morgan fingerprint density at radius 3 is 2.26 bits per heavy atom. The first-order valence-electron chi connectivity index (χ1n) is 14.1. The Balaban J connectivity index is 1.15. The molecule has 3 aromatic rings. The standard InChI is InChI=1S/C29H33F7N4O2S/c1-20-24(27(41)3-2-13-38-16-12-29(30,31)19-38)8-9-26-25(20)18-40(37-26)17-21-10-14-39(15-11-21)28(42)22-4-6-23(7-5-22)43(32,33,34,35)36/h4-9,18,21H,2-3,10-17,19H2,1H3. The molecular weight excluding hydrogens is 601 g/mol. The zero-order valence-corrected chi connectivity index (χ0v) is 24.4. The number of hydrogen-bond acceptors (Lipinski definition) is 4. The number of Topliss-reactive ketones (excluding diaryl/α,β-unsaturated/α-hetero) is 1. The molecule has 0 bridgehead atoms. The van der Waals surface area contributed by atoms with Gasteiger partial charge >= 0.3 is 10.2 Å². The Hall–Kier alpha value is -3.13. The van der Waals surface area contributed by atoms with Crippen molar-refractivity contribution in [1.29, 1.82) is 0 Å². The van der Waals surface area contributed by atoms with E-state index in [0.29, 0.717) is 57.5 Å². The fourth-order valence-corrected chi connectivity index (χ4v) is 6.54. The summed E-state index contributed by atoms with van der Waals surface area (Å²) in [5.74, 6) is -3.03. The lowest BCUT2D eigenvalue weighted by Gasteiger charge is -2.40. The van der Waals surface area contributed by atoms with Crippen molar-refractivity contribution in [3.63, 3.8) is 0 Å². The topological polar surface area (TPSA) is 58.4 Å². The van der Waals surface area contributed by atoms with Gasteiger partial charge in [-0.2, -0.15) is 5.10 Å². The van der Waals surface area contributed by atoms with Gasteiger partial charge in [-0.25, -0.2) is 8.78 Å². The molecule has 2 aromatic carbocycles. The lowest BCUT2D eigenvalue weighted by molar-refractivity contribution is 0.0121. The summed E-state index contributed by atoms with van der Waals surface area (Å²) in [4.78, 5) is 26.8. The number of aromatic nitrogens is 2. The fraction of sp³-hybridized carbons (Fsp3) is 0.483. The number of fused-ring (bicyclic) bond motifs is 1. The highest BCUT2D eigenvalue weighted by atomic mass is 32.5. The number of likely N-dealkylation sites (tertiary alicyclic amines) is 2. The molecule has 0 spiro atoms. The quantitative estimate of drug-likeness (QED) is 0.178. The Morgan fingerprint density at radius 2 is 1.65 bits per heavy atom. The maximum Gasteiger partial charge on any atom is 0.310 e. The number of carbonyl (C=O) groups is 2. The number of carbonyl (C=O) groups excluding carboxylic acids is 2. The van der Waals surface area contributed by atoms with E-state index in [9.17, 15) is 37.8 Å². The van der Waals surface area contributed by atoms with Gasteiger partial charge in [0, 0.05) is 61.7 Å². The maximum absolute atomic E-state index is 13.4. The second-order valence-electron chi connectivity index (χ2n) is 11.7. The fourth-order valence-electron chi connectivity index (χ4n) is 5.89. The Morgan fingerprint density at radius 1 is 0.977 bits per heavy atom. The first-order valence-corrected chi connectivity index (χ1v) is 16.1. The number of ketones is 1. The molecule has 6 nitrogen and oxygen atoms in total. The molecule has 2 aliphatic heterocycles. The minimum atomic E-state index is -9.80. The van der Waals surface area contributed by atoms with Gasteiger partial charge < -0.3 is 4.90 Å². The summed E-state index contributed by atoms with van der Waals surface area (Å²) >= 11 is 0. The molecule has 2 fully saturated rings. The van der Waals surface area contributed by atoms with E-state index in [2.05, 4.69) is 5.10 Å². The zero-order valence-electron chi connectivity index (χ0n) is 23.6. The van der Waals surface area contributed by atoms with E-state index in [1.165, 1.54) is 4.90 Å². The van der Waals surface area contributed by atoms with Crippen molar-refractivity contribution in [3.8, 4) is 0 Å². The summed E-state index contributed by atoms with van der Waals surface area (Å²) in [6.07, 6.45) is 3.75. The van der Waals surface area contributed by atoms with Crippen molar-refractivity contribution >= 4 is 32.8 Å². The molecule has 236 valence electrons. The molecule has 1 amide bonds. The normalized spacial score (nSPS) is 19.9. The zero-order chi connectivity index (χ0) is 31.3. The number of rotatable bonds is 9. The summed E-state index contributed by atoms with van der Waals surface area (Å²) in [5.41, 5.74) is 2.04. The van der Waals surface area contributed by atoms with Crippen molar-refractivity contribution in [2.45, 2.75) is 56.4 Å². The third kappa shape index (κ3) is 7.34. The monoisotopic (exact) mass is 634 g/mol. The van der Waals surface area contributed by atoms with Gasteiger partial charge in [0.15, 0.2) is 5.78 Å². The molecule has 0 saturated carbocycles. The summed E-state index contributed by atoms with van der Waals surface area (Å²) in [7, 11) is -9.80. The van der Waals surface area contributed by atoms with E-state index in [1.54, 1.807) is 21.7 Å². The molecule has 43 heavy (non-hydrogen) atoms. The Kier molecular flexibility index (Phi) is 7.64. The molecule has 0 atom stereocenters. The molecule has 2 aliphatic rings. The smallest absolute Gasteiger partial charge is 0.310 e. The van der Waals surface area contributed by atoms with Gasteiger partial charge in [-0.05, 0) is 80.6 Å². The molecule has 5 rings (SSSR count). The van der Waals surface area contributed by atoms with Gasteiger partial charge in [0.1, 0.15) is 4.90 Å². The van der Waals surface area contributed by atoms with Crippen LogP contribution in [0.1, 0.15) is 58.4 Å². The average Bonchev–Trinajstić information content (AvgIpc) is 3.50. The first kappa shape index (κ1) is 31.3. The van der Waals surface area contributed by atoms with Crippen molar-refractivity contribution in [3.05, 3.63) is 59.3 Å². The molecule has 14 heteroatoms. The van der Waals surface area contributed by atoms with E-state index in [4.69, 9.17) is 0 Å². The summed E-state index contributed by atoms with van der Waals surface area (Å²) in [5, 5.41) is 5.47. The van der Waals surface area contributed by atoms with Crippen LogP contribution < -0.4 is 0 Å². The molecule has 0 aliphatic carbocycles. The van der Waals surface area contributed by atoms with E-state index < -0.39 is 26.9 Å². The average molecular weight is 635 g/mol. The minimum Gasteiger partial charge on any atom is -0.339 e. The van der Waals surface area contributed by atoms with Gasteiger partial charge in [-0.3, -0.25) is 19.2 Å².